The minimum atomic E-state index is -0.881. The number of thiazole rings is 1. The Morgan fingerprint density at radius 3 is 2.65 bits per heavy atom. The Labute approximate surface area is 104 Å². The van der Waals surface area contributed by atoms with Crippen molar-refractivity contribution in [3.8, 4) is 10.6 Å². The number of carbonyl (C=O) groups is 1. The second kappa shape index (κ2) is 5.10. The Morgan fingerprint density at radius 2 is 2.06 bits per heavy atom. The third-order valence-electron chi connectivity index (χ3n) is 2.40. The lowest BCUT2D eigenvalue weighted by Gasteiger charge is -1.94. The Hall–Kier alpha value is -1.68. The van der Waals surface area contributed by atoms with Crippen LogP contribution in [0.25, 0.3) is 10.6 Å². The van der Waals surface area contributed by atoms with Crippen molar-refractivity contribution < 1.29 is 9.90 Å². The minimum absolute atomic E-state index is 0.366. The largest absolute Gasteiger partial charge is 0.477 e. The van der Waals surface area contributed by atoms with Crippen molar-refractivity contribution in [1.29, 1.82) is 0 Å². The monoisotopic (exact) mass is 247 g/mol. The van der Waals surface area contributed by atoms with Gasteiger partial charge in [-0.1, -0.05) is 43.7 Å². The molecule has 0 atom stereocenters. The van der Waals surface area contributed by atoms with Gasteiger partial charge in [-0.15, -0.1) is 11.3 Å². The molecule has 2 aromatic rings. The van der Waals surface area contributed by atoms with Gasteiger partial charge in [0.25, 0.3) is 0 Å². The summed E-state index contributed by atoms with van der Waals surface area (Å²) in [4.78, 5) is 15.9. The zero-order valence-electron chi connectivity index (χ0n) is 9.51. The molecule has 0 spiro atoms. The quantitative estimate of drug-likeness (QED) is 0.900. The van der Waals surface area contributed by atoms with Crippen molar-refractivity contribution in [3.63, 3.8) is 0 Å². The number of aromatic carboxylic acids is 1. The van der Waals surface area contributed by atoms with Crippen LogP contribution >= 0.6 is 11.3 Å². The Morgan fingerprint density at radius 1 is 1.35 bits per heavy atom. The highest BCUT2D eigenvalue weighted by Crippen LogP contribution is 2.28. The summed E-state index contributed by atoms with van der Waals surface area (Å²) in [5.41, 5.74) is 1.67. The van der Waals surface area contributed by atoms with Gasteiger partial charge >= 0.3 is 5.97 Å². The predicted molar refractivity (Wildman–Crippen MR) is 68.5 cm³/mol. The van der Waals surface area contributed by atoms with Crippen LogP contribution < -0.4 is 0 Å². The summed E-state index contributed by atoms with van der Waals surface area (Å²) in [6, 6.07) is 9.68. The number of aryl methyl sites for hydroxylation is 1. The molecular formula is C13H13NO2S. The molecule has 0 aliphatic heterocycles. The van der Waals surface area contributed by atoms with E-state index in [1.807, 2.05) is 37.3 Å². The maximum absolute atomic E-state index is 11.1. The molecule has 0 fully saturated rings. The van der Waals surface area contributed by atoms with Crippen molar-refractivity contribution in [3.05, 3.63) is 40.9 Å². The normalized spacial score (nSPS) is 10.4. The molecule has 88 valence electrons. The van der Waals surface area contributed by atoms with Crippen molar-refractivity contribution in [2.24, 2.45) is 0 Å². The lowest BCUT2D eigenvalue weighted by molar-refractivity contribution is 0.0700. The molecule has 1 heterocycles. The summed E-state index contributed by atoms with van der Waals surface area (Å²) >= 11 is 1.25. The summed E-state index contributed by atoms with van der Waals surface area (Å²) in [5, 5.41) is 9.91. The maximum Gasteiger partial charge on any atom is 0.347 e. The summed E-state index contributed by atoms with van der Waals surface area (Å²) in [6.07, 6.45) is 1.61. The van der Waals surface area contributed by atoms with E-state index < -0.39 is 5.97 Å². The number of carboxylic acid groups (broad SMARTS) is 1. The SMILES string of the molecule is CCCc1nc(-c2ccccc2)sc1C(=O)O. The zero-order chi connectivity index (χ0) is 12.3. The van der Waals surface area contributed by atoms with Crippen molar-refractivity contribution in [1.82, 2.24) is 4.98 Å². The third-order valence-corrected chi connectivity index (χ3v) is 3.53. The molecule has 3 nitrogen and oxygen atoms in total. The third kappa shape index (κ3) is 2.53. The fourth-order valence-corrected chi connectivity index (χ4v) is 2.59. The second-order valence-electron chi connectivity index (χ2n) is 3.72. The van der Waals surface area contributed by atoms with Crippen LogP contribution in [-0.2, 0) is 6.42 Å². The van der Waals surface area contributed by atoms with Gasteiger partial charge in [0.15, 0.2) is 0 Å². The Balaban J connectivity index is 2.44. The first-order valence-electron chi connectivity index (χ1n) is 5.50. The van der Waals surface area contributed by atoms with E-state index in [-0.39, 0.29) is 0 Å². The van der Waals surface area contributed by atoms with Gasteiger partial charge in [0, 0.05) is 5.56 Å². The Kier molecular flexibility index (Phi) is 3.54. The van der Waals surface area contributed by atoms with Gasteiger partial charge in [-0.2, -0.15) is 0 Å². The van der Waals surface area contributed by atoms with E-state index in [2.05, 4.69) is 4.98 Å². The number of rotatable bonds is 4. The lowest BCUT2D eigenvalue weighted by atomic mass is 10.2. The maximum atomic E-state index is 11.1. The van der Waals surface area contributed by atoms with E-state index >= 15 is 0 Å². The van der Waals surface area contributed by atoms with Crippen LogP contribution in [0.1, 0.15) is 28.7 Å². The molecule has 4 heteroatoms. The summed E-state index contributed by atoms with van der Waals surface area (Å²) in [6.45, 7) is 2.02. The molecule has 0 amide bonds. The molecule has 0 aliphatic carbocycles. The molecule has 0 saturated carbocycles. The average Bonchev–Trinajstić information content (AvgIpc) is 2.75. The number of hydrogen-bond donors (Lipinski definition) is 1. The highest BCUT2D eigenvalue weighted by molar-refractivity contribution is 7.17. The van der Waals surface area contributed by atoms with Crippen molar-refractivity contribution in [2.75, 3.05) is 0 Å². The molecule has 0 saturated heterocycles. The predicted octanol–water partition coefficient (Wildman–Crippen LogP) is 3.46. The van der Waals surface area contributed by atoms with E-state index in [4.69, 9.17) is 5.11 Å². The standard InChI is InChI=1S/C13H13NO2S/c1-2-6-10-11(13(15)16)17-12(14-10)9-7-4-3-5-8-9/h3-5,7-8H,2,6H2,1H3,(H,15,16). The average molecular weight is 247 g/mol. The first-order chi connectivity index (χ1) is 8.22. The molecule has 1 N–H and O–H groups in total. The van der Waals surface area contributed by atoms with Crippen LogP contribution in [0.4, 0.5) is 0 Å². The van der Waals surface area contributed by atoms with E-state index in [1.54, 1.807) is 0 Å². The molecule has 17 heavy (non-hydrogen) atoms. The van der Waals surface area contributed by atoms with Crippen LogP contribution in [0.5, 0.6) is 0 Å². The van der Waals surface area contributed by atoms with E-state index in [0.717, 1.165) is 17.0 Å². The molecule has 1 aromatic heterocycles. The number of benzene rings is 1. The van der Waals surface area contributed by atoms with E-state index in [1.165, 1.54) is 11.3 Å². The van der Waals surface area contributed by atoms with E-state index in [9.17, 15) is 4.79 Å². The number of aromatic nitrogens is 1. The number of nitrogens with zero attached hydrogens (tertiary/aromatic N) is 1. The smallest absolute Gasteiger partial charge is 0.347 e. The fourth-order valence-electron chi connectivity index (χ4n) is 1.63. The van der Waals surface area contributed by atoms with Crippen molar-refractivity contribution >= 4 is 17.3 Å². The summed E-state index contributed by atoms with van der Waals surface area (Å²) < 4.78 is 0. The fraction of sp³-hybridized carbons (Fsp3) is 0.231. The zero-order valence-corrected chi connectivity index (χ0v) is 10.3. The van der Waals surface area contributed by atoms with Gasteiger partial charge in [-0.05, 0) is 6.42 Å². The number of hydrogen-bond acceptors (Lipinski definition) is 3. The van der Waals surface area contributed by atoms with Gasteiger partial charge < -0.3 is 5.11 Å². The number of carboxylic acids is 1. The Bertz CT molecular complexity index is 519. The lowest BCUT2D eigenvalue weighted by Crippen LogP contribution is -1.98. The van der Waals surface area contributed by atoms with Crippen LogP contribution in [0.3, 0.4) is 0 Å². The van der Waals surface area contributed by atoms with Gasteiger partial charge in [-0.3, -0.25) is 0 Å². The van der Waals surface area contributed by atoms with Gasteiger partial charge in [0.2, 0.25) is 0 Å². The molecule has 0 unspecified atom stereocenters. The molecule has 2 rings (SSSR count). The first-order valence-corrected chi connectivity index (χ1v) is 6.32. The topological polar surface area (TPSA) is 50.2 Å². The second-order valence-corrected chi connectivity index (χ2v) is 4.72. The molecule has 0 bridgehead atoms. The summed E-state index contributed by atoms with van der Waals surface area (Å²) in [5.74, 6) is -0.881. The summed E-state index contributed by atoms with van der Waals surface area (Å²) in [7, 11) is 0. The highest BCUT2D eigenvalue weighted by Gasteiger charge is 2.17. The van der Waals surface area contributed by atoms with Crippen LogP contribution in [0, 0.1) is 0 Å². The van der Waals surface area contributed by atoms with Crippen LogP contribution in [0.15, 0.2) is 30.3 Å². The highest BCUT2D eigenvalue weighted by atomic mass is 32.1. The molecule has 0 radical (unpaired) electrons. The van der Waals surface area contributed by atoms with Crippen molar-refractivity contribution in [2.45, 2.75) is 19.8 Å². The minimum Gasteiger partial charge on any atom is -0.477 e. The van der Waals surface area contributed by atoms with Crippen LogP contribution in [-0.4, -0.2) is 16.1 Å². The molecule has 0 aliphatic rings. The van der Waals surface area contributed by atoms with Gasteiger partial charge in [-0.25, -0.2) is 9.78 Å². The molecular weight excluding hydrogens is 234 g/mol. The van der Waals surface area contributed by atoms with E-state index in [0.29, 0.717) is 17.0 Å². The van der Waals surface area contributed by atoms with Gasteiger partial charge in [0.1, 0.15) is 9.88 Å². The van der Waals surface area contributed by atoms with Gasteiger partial charge in [0.05, 0.1) is 5.69 Å². The molecule has 1 aromatic carbocycles. The van der Waals surface area contributed by atoms with Crippen LogP contribution in [0.2, 0.25) is 0 Å². The first kappa shape index (κ1) is 11.8.